The highest BCUT2D eigenvalue weighted by atomic mass is 32.1. The van der Waals surface area contributed by atoms with Crippen molar-refractivity contribution in [3.05, 3.63) is 57.5 Å². The van der Waals surface area contributed by atoms with E-state index in [0.29, 0.717) is 10.7 Å². The van der Waals surface area contributed by atoms with Gasteiger partial charge in [-0.05, 0) is 31.0 Å². The van der Waals surface area contributed by atoms with E-state index >= 15 is 0 Å². The summed E-state index contributed by atoms with van der Waals surface area (Å²) in [6, 6.07) is 6.38. The van der Waals surface area contributed by atoms with Crippen LogP contribution >= 0.6 is 11.3 Å². The number of aryl methyl sites for hydroxylation is 2. The second-order valence-electron chi connectivity index (χ2n) is 6.55. The van der Waals surface area contributed by atoms with Crippen LogP contribution in [0.25, 0.3) is 11.4 Å². The van der Waals surface area contributed by atoms with E-state index in [9.17, 15) is 18.0 Å². The lowest BCUT2D eigenvalue weighted by Gasteiger charge is -2.19. The van der Waals surface area contributed by atoms with E-state index in [1.807, 2.05) is 6.92 Å². The summed E-state index contributed by atoms with van der Waals surface area (Å²) in [4.78, 5) is 18.2. The molecule has 3 aromatic rings. The summed E-state index contributed by atoms with van der Waals surface area (Å²) in [5.41, 5.74) is 5.89. The first kappa shape index (κ1) is 21.0. The van der Waals surface area contributed by atoms with Crippen molar-refractivity contribution in [2.75, 3.05) is 6.54 Å². The van der Waals surface area contributed by atoms with Crippen molar-refractivity contribution in [2.45, 2.75) is 25.6 Å². The minimum Gasteiger partial charge on any atom is -0.347 e. The number of hydrogen-bond donors (Lipinski definition) is 2. The quantitative estimate of drug-likeness (QED) is 0.638. The average Bonchev–Trinajstić information content (AvgIpc) is 3.25. The lowest BCUT2D eigenvalue weighted by Crippen LogP contribution is -2.41. The van der Waals surface area contributed by atoms with Gasteiger partial charge in [0.1, 0.15) is 6.33 Å². The van der Waals surface area contributed by atoms with E-state index in [-0.39, 0.29) is 24.4 Å². The molecule has 0 saturated carbocycles. The molecule has 0 aliphatic carbocycles. The molecule has 2 aromatic heterocycles. The summed E-state index contributed by atoms with van der Waals surface area (Å²) in [6.07, 6.45) is -3.05. The fourth-order valence-corrected chi connectivity index (χ4v) is 3.96. The Kier molecular flexibility index (Phi) is 6.04. The Morgan fingerprint density at radius 2 is 2.07 bits per heavy atom. The fraction of sp³-hybridized carbons (Fsp3) is 0.316. The first-order chi connectivity index (χ1) is 13.7. The molecular weight excluding hydrogens is 403 g/mol. The van der Waals surface area contributed by atoms with Crippen LogP contribution < -0.4 is 11.1 Å². The van der Waals surface area contributed by atoms with Crippen molar-refractivity contribution >= 4 is 17.2 Å². The SMILES string of the molecule is Cc1sc(C(=O)N[C@H](CN)Cc2ccccc2C(F)(F)F)cc1-c1ncnn1C. The van der Waals surface area contributed by atoms with Gasteiger partial charge < -0.3 is 11.1 Å². The van der Waals surface area contributed by atoms with Crippen LogP contribution in [0.15, 0.2) is 36.7 Å². The first-order valence-electron chi connectivity index (χ1n) is 8.81. The van der Waals surface area contributed by atoms with E-state index < -0.39 is 17.8 Å². The predicted molar refractivity (Wildman–Crippen MR) is 105 cm³/mol. The van der Waals surface area contributed by atoms with Gasteiger partial charge in [0.05, 0.1) is 10.4 Å². The molecule has 1 aromatic carbocycles. The van der Waals surface area contributed by atoms with Crippen molar-refractivity contribution in [3.8, 4) is 11.4 Å². The first-order valence-corrected chi connectivity index (χ1v) is 9.63. The highest BCUT2D eigenvalue weighted by molar-refractivity contribution is 7.14. The van der Waals surface area contributed by atoms with Crippen LogP contribution in [0.5, 0.6) is 0 Å². The van der Waals surface area contributed by atoms with Crippen LogP contribution in [0.1, 0.15) is 25.7 Å². The van der Waals surface area contributed by atoms with Crippen LogP contribution in [0, 0.1) is 6.92 Å². The molecule has 0 spiro atoms. The number of aromatic nitrogens is 3. The van der Waals surface area contributed by atoms with E-state index in [2.05, 4.69) is 15.4 Å². The van der Waals surface area contributed by atoms with Crippen molar-refractivity contribution in [1.29, 1.82) is 0 Å². The van der Waals surface area contributed by atoms with Crippen LogP contribution in [-0.4, -0.2) is 33.3 Å². The number of thiophene rings is 1. The van der Waals surface area contributed by atoms with Crippen LogP contribution in [0.3, 0.4) is 0 Å². The summed E-state index contributed by atoms with van der Waals surface area (Å²) in [5.74, 6) is 0.249. The van der Waals surface area contributed by atoms with Gasteiger partial charge in [0.2, 0.25) is 0 Å². The summed E-state index contributed by atoms with van der Waals surface area (Å²) < 4.78 is 41.2. The number of alkyl halides is 3. The third-order valence-electron chi connectivity index (χ3n) is 4.50. The van der Waals surface area contributed by atoms with Gasteiger partial charge in [-0.25, -0.2) is 9.67 Å². The molecule has 0 radical (unpaired) electrons. The molecule has 6 nitrogen and oxygen atoms in total. The highest BCUT2D eigenvalue weighted by Crippen LogP contribution is 2.32. The molecule has 0 bridgehead atoms. The summed E-state index contributed by atoms with van der Waals surface area (Å²) in [5, 5.41) is 6.77. The molecule has 0 unspecified atom stereocenters. The average molecular weight is 423 g/mol. The second kappa shape index (κ2) is 8.34. The molecular formula is C19H20F3N5OS. The van der Waals surface area contributed by atoms with E-state index in [4.69, 9.17) is 5.73 Å². The summed E-state index contributed by atoms with van der Waals surface area (Å²) in [6.45, 7) is 1.88. The molecule has 3 rings (SSSR count). The topological polar surface area (TPSA) is 85.8 Å². The minimum atomic E-state index is -4.46. The lowest BCUT2D eigenvalue weighted by atomic mass is 9.99. The molecule has 0 fully saturated rings. The molecule has 0 aliphatic rings. The predicted octanol–water partition coefficient (Wildman–Crippen LogP) is 3.17. The Balaban J connectivity index is 1.77. The third kappa shape index (κ3) is 4.65. The number of nitrogens with two attached hydrogens (primary N) is 1. The molecule has 154 valence electrons. The number of amides is 1. The monoisotopic (exact) mass is 423 g/mol. The Morgan fingerprint density at radius 3 is 2.69 bits per heavy atom. The molecule has 0 aliphatic heterocycles. The number of halogens is 3. The third-order valence-corrected chi connectivity index (χ3v) is 5.55. The van der Waals surface area contributed by atoms with Crippen LogP contribution in [-0.2, 0) is 19.6 Å². The number of benzene rings is 1. The smallest absolute Gasteiger partial charge is 0.347 e. The van der Waals surface area contributed by atoms with Gasteiger partial charge >= 0.3 is 6.18 Å². The van der Waals surface area contributed by atoms with E-state index in [1.54, 1.807) is 17.8 Å². The number of nitrogens with one attached hydrogen (secondary N) is 1. The zero-order valence-corrected chi connectivity index (χ0v) is 16.6. The maximum atomic E-state index is 13.2. The molecule has 0 saturated heterocycles. The van der Waals surface area contributed by atoms with Crippen LogP contribution in [0.4, 0.5) is 13.2 Å². The van der Waals surface area contributed by atoms with Gasteiger partial charge in [-0.15, -0.1) is 11.3 Å². The number of carbonyl (C=O) groups excluding carboxylic acids is 1. The fourth-order valence-electron chi connectivity index (χ4n) is 3.05. The number of nitrogens with zero attached hydrogens (tertiary/aromatic N) is 3. The van der Waals surface area contributed by atoms with Crippen molar-refractivity contribution in [1.82, 2.24) is 20.1 Å². The Morgan fingerprint density at radius 1 is 1.34 bits per heavy atom. The molecule has 1 atom stereocenters. The normalized spacial score (nSPS) is 12.8. The summed E-state index contributed by atoms with van der Waals surface area (Å²) >= 11 is 1.28. The van der Waals surface area contributed by atoms with E-state index in [1.165, 1.54) is 35.9 Å². The molecule has 1 amide bonds. The van der Waals surface area contributed by atoms with Gasteiger partial charge in [0, 0.05) is 30.1 Å². The molecule has 10 heteroatoms. The van der Waals surface area contributed by atoms with Gasteiger partial charge in [-0.3, -0.25) is 4.79 Å². The van der Waals surface area contributed by atoms with Crippen molar-refractivity contribution in [3.63, 3.8) is 0 Å². The zero-order valence-electron chi connectivity index (χ0n) is 15.8. The van der Waals surface area contributed by atoms with Gasteiger partial charge in [0.15, 0.2) is 5.82 Å². The Bertz CT molecular complexity index is 1010. The van der Waals surface area contributed by atoms with Gasteiger partial charge in [-0.1, -0.05) is 18.2 Å². The summed E-state index contributed by atoms with van der Waals surface area (Å²) in [7, 11) is 1.75. The molecule has 29 heavy (non-hydrogen) atoms. The largest absolute Gasteiger partial charge is 0.416 e. The van der Waals surface area contributed by atoms with E-state index in [0.717, 1.165) is 16.5 Å². The molecule has 3 N–H and O–H groups in total. The van der Waals surface area contributed by atoms with Crippen molar-refractivity contribution in [2.24, 2.45) is 12.8 Å². The standard InChI is InChI=1S/C19H20F3N5OS/c1-11-14(17-24-10-25-27(17)2)8-16(29-11)18(28)26-13(9-23)7-12-5-3-4-6-15(12)19(20,21)22/h3-6,8,10,13H,7,9,23H2,1-2H3,(H,26,28)/t13-/m0/s1. The highest BCUT2D eigenvalue weighted by Gasteiger charge is 2.33. The number of rotatable bonds is 6. The Hall–Kier alpha value is -2.72. The van der Waals surface area contributed by atoms with Crippen LogP contribution in [0.2, 0.25) is 0 Å². The number of carbonyl (C=O) groups is 1. The maximum Gasteiger partial charge on any atom is 0.416 e. The minimum absolute atomic E-state index is 0.0123. The van der Waals surface area contributed by atoms with Gasteiger partial charge in [-0.2, -0.15) is 18.3 Å². The number of hydrogen-bond acceptors (Lipinski definition) is 5. The second-order valence-corrected chi connectivity index (χ2v) is 7.81. The zero-order chi connectivity index (χ0) is 21.2. The lowest BCUT2D eigenvalue weighted by molar-refractivity contribution is -0.138. The van der Waals surface area contributed by atoms with Crippen molar-refractivity contribution < 1.29 is 18.0 Å². The molecule has 2 heterocycles. The Labute approximate surface area is 169 Å². The van der Waals surface area contributed by atoms with Gasteiger partial charge in [0.25, 0.3) is 5.91 Å². The maximum absolute atomic E-state index is 13.2.